The van der Waals surface area contributed by atoms with Crippen molar-refractivity contribution in [1.29, 1.82) is 0 Å². The molecule has 0 N–H and O–H groups in total. The van der Waals surface area contributed by atoms with Crippen LogP contribution in [0.4, 0.5) is 0 Å². The van der Waals surface area contributed by atoms with E-state index >= 15 is 0 Å². The van der Waals surface area contributed by atoms with Crippen LogP contribution in [-0.2, 0) is 9.53 Å². The lowest BCUT2D eigenvalue weighted by molar-refractivity contribution is -0.140. The summed E-state index contributed by atoms with van der Waals surface area (Å²) in [5.74, 6) is 1.77. The maximum absolute atomic E-state index is 11.0. The van der Waals surface area contributed by atoms with E-state index in [0.717, 1.165) is 18.4 Å². The molecule has 1 aliphatic heterocycles. The fourth-order valence-corrected chi connectivity index (χ4v) is 2.87. The molecule has 3 nitrogen and oxygen atoms in total. The molecule has 2 aliphatic rings. The van der Waals surface area contributed by atoms with Crippen LogP contribution in [0.1, 0.15) is 25.7 Å². The van der Waals surface area contributed by atoms with Crippen LogP contribution in [-0.4, -0.2) is 37.6 Å². The van der Waals surface area contributed by atoms with Gasteiger partial charge in [0, 0.05) is 19.6 Å². The molecule has 0 aromatic carbocycles. The van der Waals surface area contributed by atoms with Crippen LogP contribution in [0, 0.1) is 11.8 Å². The maximum Gasteiger partial charge on any atom is 0.306 e. The average molecular weight is 197 g/mol. The Labute approximate surface area is 85.4 Å². The average Bonchev–Trinajstić information content (AvgIpc) is 2.73. The first kappa shape index (κ1) is 9.97. The molecule has 2 fully saturated rings. The summed E-state index contributed by atoms with van der Waals surface area (Å²) in [5.41, 5.74) is 0. The van der Waals surface area contributed by atoms with Crippen LogP contribution in [0.15, 0.2) is 0 Å². The van der Waals surface area contributed by atoms with Gasteiger partial charge in [-0.05, 0) is 24.7 Å². The third kappa shape index (κ3) is 2.08. The minimum atomic E-state index is -0.0814. The quantitative estimate of drug-likeness (QED) is 0.638. The zero-order valence-corrected chi connectivity index (χ0v) is 8.87. The molecule has 0 radical (unpaired) electrons. The minimum Gasteiger partial charge on any atom is -0.469 e. The van der Waals surface area contributed by atoms with Gasteiger partial charge in [-0.2, -0.15) is 0 Å². The molecule has 1 saturated heterocycles. The van der Waals surface area contributed by atoms with Gasteiger partial charge in [0.2, 0.25) is 0 Å². The summed E-state index contributed by atoms with van der Waals surface area (Å²) in [6, 6.07) is 0. The largest absolute Gasteiger partial charge is 0.469 e. The smallest absolute Gasteiger partial charge is 0.306 e. The highest BCUT2D eigenvalue weighted by molar-refractivity contribution is 5.69. The predicted octanol–water partition coefficient (Wildman–Crippen LogP) is 1.28. The maximum atomic E-state index is 11.0. The highest BCUT2D eigenvalue weighted by Crippen LogP contribution is 2.37. The molecular formula is C11H19NO2. The van der Waals surface area contributed by atoms with Crippen molar-refractivity contribution in [3.05, 3.63) is 0 Å². The Morgan fingerprint density at radius 1 is 1.36 bits per heavy atom. The molecule has 3 heteroatoms. The number of nitrogens with zero attached hydrogens (tertiary/aromatic N) is 1. The number of rotatable bonds is 3. The molecule has 0 spiro atoms. The number of carbonyl (C=O) groups is 1. The van der Waals surface area contributed by atoms with E-state index in [-0.39, 0.29) is 5.97 Å². The fourth-order valence-electron chi connectivity index (χ4n) is 2.87. The number of hydrogen-bond donors (Lipinski definition) is 0. The highest BCUT2D eigenvalue weighted by atomic mass is 16.5. The zero-order chi connectivity index (χ0) is 9.97. The molecule has 2 atom stereocenters. The van der Waals surface area contributed by atoms with Crippen LogP contribution in [0.3, 0.4) is 0 Å². The monoisotopic (exact) mass is 197 g/mol. The second-order valence-corrected chi connectivity index (χ2v) is 4.54. The molecule has 80 valence electrons. The van der Waals surface area contributed by atoms with Gasteiger partial charge in [0.1, 0.15) is 0 Å². The third-order valence-electron chi connectivity index (χ3n) is 3.66. The lowest BCUT2D eigenvalue weighted by atomic mass is 10.0. The molecule has 1 saturated carbocycles. The lowest BCUT2D eigenvalue weighted by Crippen LogP contribution is -2.25. The van der Waals surface area contributed by atoms with Crippen molar-refractivity contribution >= 4 is 5.97 Å². The van der Waals surface area contributed by atoms with Crippen molar-refractivity contribution in [1.82, 2.24) is 4.90 Å². The molecule has 0 amide bonds. The summed E-state index contributed by atoms with van der Waals surface area (Å²) in [6.45, 7) is 3.31. The van der Waals surface area contributed by atoms with Crippen LogP contribution < -0.4 is 0 Å². The SMILES string of the molecule is COC(=O)CCN1CC2CCCC2C1. The van der Waals surface area contributed by atoms with Gasteiger partial charge in [-0.3, -0.25) is 4.79 Å². The second-order valence-electron chi connectivity index (χ2n) is 4.54. The van der Waals surface area contributed by atoms with Gasteiger partial charge < -0.3 is 9.64 Å². The Morgan fingerprint density at radius 3 is 2.57 bits per heavy atom. The number of ether oxygens (including phenoxy) is 1. The van der Waals surface area contributed by atoms with E-state index in [1.54, 1.807) is 0 Å². The molecule has 2 unspecified atom stereocenters. The third-order valence-corrected chi connectivity index (χ3v) is 3.66. The molecule has 2 rings (SSSR count). The number of methoxy groups -OCH3 is 1. The summed E-state index contributed by atoms with van der Waals surface area (Å²) in [5, 5.41) is 0. The summed E-state index contributed by atoms with van der Waals surface area (Å²) in [7, 11) is 1.46. The Kier molecular flexibility index (Phi) is 3.06. The van der Waals surface area contributed by atoms with Crippen molar-refractivity contribution in [2.45, 2.75) is 25.7 Å². The Balaban J connectivity index is 1.71. The van der Waals surface area contributed by atoms with Crippen molar-refractivity contribution in [2.24, 2.45) is 11.8 Å². The first-order chi connectivity index (χ1) is 6.79. The first-order valence-electron chi connectivity index (χ1n) is 5.59. The molecule has 0 bridgehead atoms. The summed E-state index contributed by atoms with van der Waals surface area (Å²) in [6.07, 6.45) is 4.77. The molecule has 0 aromatic rings. The van der Waals surface area contributed by atoms with Gasteiger partial charge in [0.25, 0.3) is 0 Å². The van der Waals surface area contributed by atoms with Gasteiger partial charge in [0.05, 0.1) is 13.5 Å². The Bertz CT molecular complexity index is 205. The molecule has 0 aromatic heterocycles. The molecular weight excluding hydrogens is 178 g/mol. The number of esters is 1. The van der Waals surface area contributed by atoms with Gasteiger partial charge in [-0.15, -0.1) is 0 Å². The van der Waals surface area contributed by atoms with Gasteiger partial charge in [-0.25, -0.2) is 0 Å². The Morgan fingerprint density at radius 2 is 2.00 bits per heavy atom. The topological polar surface area (TPSA) is 29.5 Å². The van der Waals surface area contributed by atoms with E-state index in [1.807, 2.05) is 0 Å². The lowest BCUT2D eigenvalue weighted by Gasteiger charge is -2.15. The molecule has 14 heavy (non-hydrogen) atoms. The standard InChI is InChI=1S/C11H19NO2/c1-14-11(13)5-6-12-7-9-3-2-4-10(9)8-12/h9-10H,2-8H2,1H3. The fraction of sp³-hybridized carbons (Fsp3) is 0.909. The number of carbonyl (C=O) groups excluding carboxylic acids is 1. The number of likely N-dealkylation sites (tertiary alicyclic amines) is 1. The second kappa shape index (κ2) is 4.30. The number of fused-ring (bicyclic) bond motifs is 1. The van der Waals surface area contributed by atoms with Crippen LogP contribution in [0.5, 0.6) is 0 Å². The van der Waals surface area contributed by atoms with Crippen LogP contribution in [0.25, 0.3) is 0 Å². The summed E-state index contributed by atoms with van der Waals surface area (Å²) >= 11 is 0. The highest BCUT2D eigenvalue weighted by Gasteiger charge is 2.35. The zero-order valence-electron chi connectivity index (χ0n) is 8.87. The Hall–Kier alpha value is -0.570. The normalized spacial score (nSPS) is 31.8. The van der Waals surface area contributed by atoms with E-state index in [9.17, 15) is 4.79 Å². The molecule has 1 heterocycles. The minimum absolute atomic E-state index is 0.0814. The van der Waals surface area contributed by atoms with E-state index in [1.165, 1.54) is 39.5 Å². The predicted molar refractivity (Wildman–Crippen MR) is 53.9 cm³/mol. The van der Waals surface area contributed by atoms with Crippen LogP contribution >= 0.6 is 0 Å². The van der Waals surface area contributed by atoms with Crippen molar-refractivity contribution in [2.75, 3.05) is 26.7 Å². The van der Waals surface area contributed by atoms with E-state index in [2.05, 4.69) is 9.64 Å². The molecule has 1 aliphatic carbocycles. The van der Waals surface area contributed by atoms with Gasteiger partial charge >= 0.3 is 5.97 Å². The van der Waals surface area contributed by atoms with E-state index in [4.69, 9.17) is 0 Å². The van der Waals surface area contributed by atoms with E-state index < -0.39 is 0 Å². The van der Waals surface area contributed by atoms with E-state index in [0.29, 0.717) is 6.42 Å². The summed E-state index contributed by atoms with van der Waals surface area (Å²) < 4.78 is 4.64. The van der Waals surface area contributed by atoms with Crippen LogP contribution in [0.2, 0.25) is 0 Å². The number of hydrogen-bond acceptors (Lipinski definition) is 3. The van der Waals surface area contributed by atoms with Gasteiger partial charge in [-0.1, -0.05) is 6.42 Å². The summed E-state index contributed by atoms with van der Waals surface area (Å²) in [4.78, 5) is 13.4. The van der Waals surface area contributed by atoms with Crippen molar-refractivity contribution in [3.8, 4) is 0 Å². The first-order valence-corrected chi connectivity index (χ1v) is 5.59. The van der Waals surface area contributed by atoms with Crippen molar-refractivity contribution < 1.29 is 9.53 Å². The van der Waals surface area contributed by atoms with Gasteiger partial charge in [0.15, 0.2) is 0 Å². The van der Waals surface area contributed by atoms with Crippen molar-refractivity contribution in [3.63, 3.8) is 0 Å².